The molecule has 2 N–H and O–H groups in total. The van der Waals surface area contributed by atoms with Gasteiger partial charge in [0.25, 0.3) is 0 Å². The molecule has 118 valence electrons. The van der Waals surface area contributed by atoms with Gasteiger partial charge in [0.05, 0.1) is 17.4 Å². The van der Waals surface area contributed by atoms with Gasteiger partial charge in [-0.25, -0.2) is 4.98 Å². The second-order valence-electron chi connectivity index (χ2n) is 5.58. The Morgan fingerprint density at radius 2 is 1.46 bits per heavy atom. The maximum absolute atomic E-state index is 9.45. The molecule has 24 heavy (non-hydrogen) atoms. The van der Waals surface area contributed by atoms with E-state index in [4.69, 9.17) is 5.73 Å². The van der Waals surface area contributed by atoms with Gasteiger partial charge in [-0.15, -0.1) is 0 Å². The fraction of sp³-hybridized carbons (Fsp3) is 0.100. The highest BCUT2D eigenvalue weighted by Crippen LogP contribution is 2.23. The van der Waals surface area contributed by atoms with Gasteiger partial charge >= 0.3 is 0 Å². The number of nitrogens with zero attached hydrogens (tertiary/aromatic N) is 3. The fourth-order valence-electron chi connectivity index (χ4n) is 2.62. The molecule has 3 aromatic rings. The molecule has 0 unspecified atom stereocenters. The first kappa shape index (κ1) is 15.6. The van der Waals surface area contributed by atoms with Gasteiger partial charge in [0.15, 0.2) is 0 Å². The van der Waals surface area contributed by atoms with Crippen molar-refractivity contribution in [1.29, 1.82) is 5.26 Å². The summed E-state index contributed by atoms with van der Waals surface area (Å²) in [5.41, 5.74) is 9.08. The molecule has 0 radical (unpaired) electrons. The van der Waals surface area contributed by atoms with Crippen LogP contribution < -0.4 is 10.6 Å². The molecule has 0 atom stereocenters. The predicted molar refractivity (Wildman–Crippen MR) is 96.1 cm³/mol. The van der Waals surface area contributed by atoms with Gasteiger partial charge in [-0.2, -0.15) is 5.26 Å². The van der Waals surface area contributed by atoms with E-state index in [0.717, 1.165) is 11.1 Å². The highest BCUT2D eigenvalue weighted by Gasteiger charge is 2.14. The van der Waals surface area contributed by atoms with E-state index in [-0.39, 0.29) is 0 Å². The zero-order valence-corrected chi connectivity index (χ0v) is 13.3. The standard InChI is InChI=1S/C20H18N4/c21-12-18-11-19(22)13-23-20(18)24(14-16-7-3-1-4-8-16)15-17-9-5-2-6-10-17/h1-11,13H,14-15,22H2. The molecule has 0 aliphatic heterocycles. The molecule has 3 rings (SSSR count). The summed E-state index contributed by atoms with van der Waals surface area (Å²) in [7, 11) is 0. The van der Waals surface area contributed by atoms with Gasteiger partial charge in [-0.1, -0.05) is 60.7 Å². The minimum absolute atomic E-state index is 0.488. The molecule has 0 spiro atoms. The first-order valence-electron chi connectivity index (χ1n) is 7.74. The third-order valence-electron chi connectivity index (χ3n) is 3.74. The van der Waals surface area contributed by atoms with Crippen LogP contribution >= 0.6 is 0 Å². The summed E-state index contributed by atoms with van der Waals surface area (Å²) >= 11 is 0. The van der Waals surface area contributed by atoms with Gasteiger partial charge in [0.1, 0.15) is 11.9 Å². The van der Waals surface area contributed by atoms with Crippen LogP contribution in [-0.2, 0) is 13.1 Å². The average molecular weight is 314 g/mol. The van der Waals surface area contributed by atoms with Gasteiger partial charge in [0.2, 0.25) is 0 Å². The Morgan fingerprint density at radius 3 is 1.96 bits per heavy atom. The van der Waals surface area contributed by atoms with Crippen molar-refractivity contribution in [2.24, 2.45) is 0 Å². The van der Waals surface area contributed by atoms with E-state index in [1.807, 2.05) is 36.4 Å². The summed E-state index contributed by atoms with van der Waals surface area (Å²) in [4.78, 5) is 6.52. The van der Waals surface area contributed by atoms with Gasteiger partial charge in [-0.05, 0) is 17.2 Å². The summed E-state index contributed by atoms with van der Waals surface area (Å²) in [6, 6.07) is 24.2. The van der Waals surface area contributed by atoms with Gasteiger partial charge in [0, 0.05) is 13.1 Å². The molecule has 0 bridgehead atoms. The van der Waals surface area contributed by atoms with Crippen molar-refractivity contribution in [3.8, 4) is 6.07 Å². The van der Waals surface area contributed by atoms with Crippen LogP contribution in [0.15, 0.2) is 72.9 Å². The van der Waals surface area contributed by atoms with Gasteiger partial charge in [-0.3, -0.25) is 0 Å². The third kappa shape index (κ3) is 3.71. The molecule has 0 aliphatic carbocycles. The van der Waals surface area contributed by atoms with Crippen LogP contribution in [0.3, 0.4) is 0 Å². The van der Waals surface area contributed by atoms with E-state index >= 15 is 0 Å². The number of benzene rings is 2. The van der Waals surface area contributed by atoms with Crippen LogP contribution in [0.25, 0.3) is 0 Å². The van der Waals surface area contributed by atoms with Crippen LogP contribution in [0.2, 0.25) is 0 Å². The van der Waals surface area contributed by atoms with Crippen molar-refractivity contribution in [3.63, 3.8) is 0 Å². The number of nitrogens with two attached hydrogens (primary N) is 1. The van der Waals surface area contributed by atoms with Crippen LogP contribution in [0.4, 0.5) is 11.5 Å². The van der Waals surface area contributed by atoms with E-state index in [2.05, 4.69) is 40.2 Å². The Balaban J connectivity index is 1.97. The molecule has 4 heteroatoms. The maximum Gasteiger partial charge on any atom is 0.147 e. The fourth-order valence-corrected chi connectivity index (χ4v) is 2.62. The van der Waals surface area contributed by atoms with Crippen molar-refractivity contribution in [3.05, 3.63) is 89.6 Å². The Morgan fingerprint density at radius 1 is 0.917 bits per heavy atom. The molecule has 0 saturated heterocycles. The van der Waals surface area contributed by atoms with E-state index in [9.17, 15) is 5.26 Å². The molecule has 0 aliphatic rings. The monoisotopic (exact) mass is 314 g/mol. The topological polar surface area (TPSA) is 65.9 Å². The largest absolute Gasteiger partial charge is 0.397 e. The zero-order chi connectivity index (χ0) is 16.8. The highest BCUT2D eigenvalue weighted by molar-refractivity contribution is 5.59. The summed E-state index contributed by atoms with van der Waals surface area (Å²) < 4.78 is 0. The molecule has 0 fully saturated rings. The van der Waals surface area contributed by atoms with Crippen molar-refractivity contribution >= 4 is 11.5 Å². The van der Waals surface area contributed by atoms with Crippen LogP contribution in [0.1, 0.15) is 16.7 Å². The SMILES string of the molecule is N#Cc1cc(N)cnc1N(Cc1ccccc1)Cc1ccccc1. The van der Waals surface area contributed by atoms with Crippen molar-refractivity contribution in [1.82, 2.24) is 4.98 Å². The lowest BCUT2D eigenvalue weighted by atomic mass is 10.1. The summed E-state index contributed by atoms with van der Waals surface area (Å²) in [5.74, 6) is 0.652. The summed E-state index contributed by atoms with van der Waals surface area (Å²) in [6.07, 6.45) is 1.60. The first-order valence-corrected chi connectivity index (χ1v) is 7.74. The number of pyridine rings is 1. The lowest BCUT2D eigenvalue weighted by molar-refractivity contribution is 0.782. The average Bonchev–Trinajstić information content (AvgIpc) is 2.63. The number of rotatable bonds is 5. The lowest BCUT2D eigenvalue weighted by Gasteiger charge is -2.25. The number of hydrogen-bond donors (Lipinski definition) is 1. The third-order valence-corrected chi connectivity index (χ3v) is 3.74. The number of nitrogen functional groups attached to an aromatic ring is 1. The van der Waals surface area contributed by atoms with Gasteiger partial charge < -0.3 is 10.6 Å². The van der Waals surface area contributed by atoms with E-state index in [1.165, 1.54) is 0 Å². The quantitative estimate of drug-likeness (QED) is 0.779. The van der Waals surface area contributed by atoms with E-state index in [0.29, 0.717) is 30.2 Å². The molecule has 1 heterocycles. The van der Waals surface area contributed by atoms with Crippen LogP contribution in [0.5, 0.6) is 0 Å². The van der Waals surface area contributed by atoms with E-state index in [1.54, 1.807) is 12.3 Å². The molecule has 2 aromatic carbocycles. The van der Waals surface area contributed by atoms with Crippen molar-refractivity contribution < 1.29 is 0 Å². The number of hydrogen-bond acceptors (Lipinski definition) is 4. The second kappa shape index (κ2) is 7.30. The number of anilines is 2. The van der Waals surface area contributed by atoms with Crippen molar-refractivity contribution in [2.75, 3.05) is 10.6 Å². The Bertz CT molecular complexity index is 797. The predicted octanol–water partition coefficient (Wildman–Crippen LogP) is 3.74. The highest BCUT2D eigenvalue weighted by atomic mass is 15.2. The van der Waals surface area contributed by atoms with Crippen LogP contribution in [0, 0.1) is 11.3 Å². The molecule has 4 nitrogen and oxygen atoms in total. The van der Waals surface area contributed by atoms with Crippen molar-refractivity contribution in [2.45, 2.75) is 13.1 Å². The Hall–Kier alpha value is -3.32. The smallest absolute Gasteiger partial charge is 0.147 e. The maximum atomic E-state index is 9.45. The zero-order valence-electron chi connectivity index (χ0n) is 13.3. The number of nitriles is 1. The molecule has 0 saturated carbocycles. The summed E-state index contributed by atoms with van der Waals surface area (Å²) in [5, 5.41) is 9.45. The first-order chi connectivity index (χ1) is 11.8. The second-order valence-corrected chi connectivity index (χ2v) is 5.58. The molecular weight excluding hydrogens is 296 g/mol. The Labute approximate surface area is 141 Å². The minimum atomic E-state index is 0.488. The molecular formula is C20H18N4. The molecule has 1 aromatic heterocycles. The Kier molecular flexibility index (Phi) is 4.73. The number of aromatic nitrogens is 1. The minimum Gasteiger partial charge on any atom is -0.397 e. The summed E-state index contributed by atoms with van der Waals surface area (Å²) in [6.45, 7) is 1.34. The normalized spacial score (nSPS) is 10.1. The van der Waals surface area contributed by atoms with Crippen LogP contribution in [-0.4, -0.2) is 4.98 Å². The lowest BCUT2D eigenvalue weighted by Crippen LogP contribution is -2.24. The molecule has 0 amide bonds. The van der Waals surface area contributed by atoms with E-state index < -0.39 is 0 Å².